The topological polar surface area (TPSA) is 86.2 Å². The summed E-state index contributed by atoms with van der Waals surface area (Å²) < 4.78 is 0. The van der Waals surface area contributed by atoms with Gasteiger partial charge in [-0.15, -0.1) is 33.7 Å². The second-order valence-electron chi connectivity index (χ2n) is 6.04. The van der Waals surface area contributed by atoms with E-state index in [1.54, 1.807) is 0 Å². The van der Waals surface area contributed by atoms with Crippen LogP contribution in [0.1, 0.15) is 25.8 Å². The molecular formula is C22H23HfN2O2-. The fourth-order valence-corrected chi connectivity index (χ4v) is 2.91. The normalized spacial score (nSPS) is 11.6. The third-order valence-electron chi connectivity index (χ3n) is 3.77. The number of primary amides is 2. The fraction of sp³-hybridized carbons (Fsp3) is 0.136. The molecule has 0 atom stereocenters. The largest absolute Gasteiger partial charge is 0.370 e. The average Bonchev–Trinajstić information content (AvgIpc) is 3.21. The number of hydrogen-bond donors (Lipinski definition) is 2. The predicted molar refractivity (Wildman–Crippen MR) is 109 cm³/mol. The summed E-state index contributed by atoms with van der Waals surface area (Å²) in [5, 5.41) is 5.46. The van der Waals surface area contributed by atoms with Crippen molar-refractivity contribution in [2.45, 2.75) is 20.3 Å². The first kappa shape index (κ1) is 22.6. The van der Waals surface area contributed by atoms with Gasteiger partial charge in [-0.2, -0.15) is 0 Å². The van der Waals surface area contributed by atoms with E-state index in [9.17, 15) is 9.59 Å². The number of carbonyl (C=O) groups excluding carboxylic acids is 2. The minimum atomic E-state index is -0.333. The smallest absolute Gasteiger partial charge is 0.214 e. The van der Waals surface area contributed by atoms with Gasteiger partial charge in [0, 0.05) is 39.7 Å². The number of nitrogens with two attached hydrogens (primary N) is 2. The molecule has 3 aromatic carbocycles. The number of rotatable bonds is 1. The van der Waals surface area contributed by atoms with Crippen LogP contribution in [0.3, 0.4) is 0 Å². The Kier molecular flexibility index (Phi) is 8.95. The molecule has 0 aromatic heterocycles. The fourth-order valence-electron chi connectivity index (χ4n) is 2.91. The molecular weight excluding hydrogens is 503 g/mol. The van der Waals surface area contributed by atoms with Gasteiger partial charge < -0.3 is 11.5 Å². The van der Waals surface area contributed by atoms with Crippen molar-refractivity contribution in [2.24, 2.45) is 11.5 Å². The predicted octanol–water partition coefficient (Wildman–Crippen LogP) is 4.04. The summed E-state index contributed by atoms with van der Waals surface area (Å²) in [6.45, 7) is 2.61. The summed E-state index contributed by atoms with van der Waals surface area (Å²) in [7, 11) is 0. The van der Waals surface area contributed by atoms with Crippen molar-refractivity contribution in [2.75, 3.05) is 0 Å². The van der Waals surface area contributed by atoms with Crippen molar-refractivity contribution >= 4 is 38.9 Å². The third-order valence-corrected chi connectivity index (χ3v) is 3.77. The molecule has 1 aliphatic rings. The molecule has 4 nitrogen and oxygen atoms in total. The number of hydrogen-bond acceptors (Lipinski definition) is 2. The van der Waals surface area contributed by atoms with Crippen molar-refractivity contribution in [3.63, 3.8) is 0 Å². The SMILES string of the molecule is C1=CCC(c2cccc3c2[cH-]c2ccccc23)=C1.CC(N)=O.CC(N)=O.[Hf]. The van der Waals surface area contributed by atoms with Crippen molar-refractivity contribution in [1.29, 1.82) is 0 Å². The van der Waals surface area contributed by atoms with E-state index >= 15 is 0 Å². The Bertz CT molecular complexity index is 980. The van der Waals surface area contributed by atoms with E-state index in [0.29, 0.717) is 0 Å². The minimum Gasteiger partial charge on any atom is -0.370 e. The van der Waals surface area contributed by atoms with Crippen molar-refractivity contribution in [3.05, 3.63) is 72.3 Å². The van der Waals surface area contributed by atoms with Gasteiger partial charge in [-0.25, -0.2) is 0 Å². The second kappa shape index (κ2) is 10.7. The van der Waals surface area contributed by atoms with Gasteiger partial charge in [-0.05, 0) is 6.42 Å². The Morgan fingerprint density at radius 3 is 2.11 bits per heavy atom. The van der Waals surface area contributed by atoms with E-state index in [1.165, 1.54) is 46.5 Å². The average molecular weight is 526 g/mol. The first-order valence-corrected chi connectivity index (χ1v) is 8.35. The van der Waals surface area contributed by atoms with E-state index < -0.39 is 0 Å². The Labute approximate surface area is 178 Å². The van der Waals surface area contributed by atoms with Gasteiger partial charge in [-0.1, -0.05) is 65.8 Å². The van der Waals surface area contributed by atoms with Gasteiger partial charge in [0.15, 0.2) is 0 Å². The number of allylic oxidation sites excluding steroid dienone is 4. The van der Waals surface area contributed by atoms with Gasteiger partial charge in [-0.3, -0.25) is 9.59 Å². The van der Waals surface area contributed by atoms with Crippen LogP contribution in [-0.2, 0) is 35.4 Å². The summed E-state index contributed by atoms with van der Waals surface area (Å²) in [5.74, 6) is -0.667. The number of benzene rings is 2. The molecule has 0 radical (unpaired) electrons. The second-order valence-corrected chi connectivity index (χ2v) is 6.04. The molecule has 3 aromatic rings. The van der Waals surface area contributed by atoms with Gasteiger partial charge in [0.1, 0.15) is 0 Å². The van der Waals surface area contributed by atoms with Gasteiger partial charge in [0.05, 0.1) is 0 Å². The molecule has 0 unspecified atom stereocenters. The monoisotopic (exact) mass is 527 g/mol. The van der Waals surface area contributed by atoms with E-state index in [-0.39, 0.29) is 37.7 Å². The molecule has 2 amide bonds. The van der Waals surface area contributed by atoms with Crippen molar-refractivity contribution in [3.8, 4) is 0 Å². The van der Waals surface area contributed by atoms with Crippen LogP contribution in [0.4, 0.5) is 0 Å². The number of amides is 2. The number of fused-ring (bicyclic) bond motifs is 3. The molecule has 4 N–H and O–H groups in total. The van der Waals surface area contributed by atoms with Crippen LogP contribution < -0.4 is 11.5 Å². The van der Waals surface area contributed by atoms with Gasteiger partial charge >= 0.3 is 0 Å². The molecule has 5 heteroatoms. The van der Waals surface area contributed by atoms with Crippen LogP contribution in [-0.4, -0.2) is 11.8 Å². The van der Waals surface area contributed by atoms with Gasteiger partial charge in [0.2, 0.25) is 11.8 Å². The first-order chi connectivity index (χ1) is 12.4. The zero-order valence-electron chi connectivity index (χ0n) is 15.5. The van der Waals surface area contributed by atoms with Crippen LogP contribution in [0.5, 0.6) is 0 Å². The summed E-state index contributed by atoms with van der Waals surface area (Å²) in [5.41, 5.74) is 11.8. The van der Waals surface area contributed by atoms with E-state index in [0.717, 1.165) is 6.42 Å². The van der Waals surface area contributed by atoms with Crippen LogP contribution >= 0.6 is 0 Å². The zero-order valence-corrected chi connectivity index (χ0v) is 19.1. The zero-order chi connectivity index (χ0) is 19.1. The maximum Gasteiger partial charge on any atom is 0.214 e. The molecule has 0 heterocycles. The van der Waals surface area contributed by atoms with E-state index in [1.807, 2.05) is 0 Å². The Morgan fingerprint density at radius 1 is 0.926 bits per heavy atom. The van der Waals surface area contributed by atoms with E-state index in [4.69, 9.17) is 0 Å². The molecule has 1 aliphatic carbocycles. The Morgan fingerprint density at radius 2 is 1.52 bits per heavy atom. The van der Waals surface area contributed by atoms with E-state index in [2.05, 4.69) is 78.2 Å². The molecule has 0 saturated heterocycles. The molecule has 0 bridgehead atoms. The van der Waals surface area contributed by atoms with Crippen LogP contribution in [0, 0.1) is 0 Å². The minimum absolute atomic E-state index is 0. The molecule has 0 saturated carbocycles. The summed E-state index contributed by atoms with van der Waals surface area (Å²) in [4.78, 5) is 18.4. The quantitative estimate of drug-likeness (QED) is 0.371. The Balaban J connectivity index is 0.000000350. The molecule has 0 aliphatic heterocycles. The van der Waals surface area contributed by atoms with Gasteiger partial charge in [0.25, 0.3) is 0 Å². The summed E-state index contributed by atoms with van der Waals surface area (Å²) in [6, 6.07) is 17.6. The molecule has 0 spiro atoms. The Hall–Kier alpha value is -2.40. The maximum atomic E-state index is 9.22. The molecule has 0 fully saturated rings. The van der Waals surface area contributed by atoms with Crippen molar-refractivity contribution in [1.82, 2.24) is 0 Å². The van der Waals surface area contributed by atoms with Crippen LogP contribution in [0.15, 0.2) is 66.8 Å². The van der Waals surface area contributed by atoms with Crippen LogP contribution in [0.2, 0.25) is 0 Å². The standard InChI is InChI=1S/C18H13.2C2H5NO.Hf/c1-2-7-13(6-1)15-10-5-11-17-16-9-4-3-8-14(16)12-18(15)17;2*1-2(3)4;/h1-6,8-12H,7H2;2*1H3,(H2,3,4);/q-1;;;. The third kappa shape index (κ3) is 6.36. The summed E-state index contributed by atoms with van der Waals surface area (Å²) >= 11 is 0. The molecule has 27 heavy (non-hydrogen) atoms. The maximum absolute atomic E-state index is 9.22. The molecule has 138 valence electrons. The first-order valence-electron chi connectivity index (χ1n) is 8.35. The van der Waals surface area contributed by atoms with Crippen LogP contribution in [0.25, 0.3) is 27.1 Å². The van der Waals surface area contributed by atoms with Crippen molar-refractivity contribution < 1.29 is 35.4 Å². The number of carbonyl (C=O) groups is 2. The molecule has 4 rings (SSSR count). The summed E-state index contributed by atoms with van der Waals surface area (Å²) in [6.07, 6.45) is 7.65.